The SMILES string of the molecule is COC(=O)c1ccc(OCCOc2ccc(-c3cncc4ccc(C(N)=O)nc34)cc2)cc1. The predicted molar refractivity (Wildman–Crippen MR) is 122 cm³/mol. The average Bonchev–Trinajstić information content (AvgIpc) is 2.86. The second-order valence-corrected chi connectivity index (χ2v) is 7.06. The first kappa shape index (κ1) is 21.8. The van der Waals surface area contributed by atoms with Crippen LogP contribution in [0.1, 0.15) is 20.8 Å². The smallest absolute Gasteiger partial charge is 0.337 e. The molecule has 0 saturated heterocycles. The van der Waals surface area contributed by atoms with E-state index in [1.165, 1.54) is 7.11 Å². The molecule has 2 aromatic carbocycles. The van der Waals surface area contributed by atoms with Crippen LogP contribution in [0.15, 0.2) is 73.1 Å². The van der Waals surface area contributed by atoms with Crippen molar-refractivity contribution in [1.82, 2.24) is 9.97 Å². The van der Waals surface area contributed by atoms with Crippen LogP contribution in [0.4, 0.5) is 0 Å². The quantitative estimate of drug-likeness (QED) is 0.327. The number of aromatic nitrogens is 2. The summed E-state index contributed by atoms with van der Waals surface area (Å²) < 4.78 is 16.1. The van der Waals surface area contributed by atoms with Gasteiger partial charge in [0, 0.05) is 23.3 Å². The Hall–Kier alpha value is -4.46. The number of pyridine rings is 2. The van der Waals surface area contributed by atoms with E-state index in [2.05, 4.69) is 14.7 Å². The minimum Gasteiger partial charge on any atom is -0.490 e. The normalized spacial score (nSPS) is 10.6. The van der Waals surface area contributed by atoms with Crippen molar-refractivity contribution in [2.45, 2.75) is 0 Å². The van der Waals surface area contributed by atoms with Gasteiger partial charge in [0.05, 0.1) is 18.2 Å². The number of ether oxygens (including phenoxy) is 3. The molecule has 2 N–H and O–H groups in total. The van der Waals surface area contributed by atoms with Gasteiger partial charge in [-0.05, 0) is 54.1 Å². The zero-order chi connectivity index (χ0) is 23.2. The fraction of sp³-hybridized carbons (Fsp3) is 0.120. The van der Waals surface area contributed by atoms with Gasteiger partial charge < -0.3 is 19.9 Å². The van der Waals surface area contributed by atoms with Gasteiger partial charge >= 0.3 is 5.97 Å². The van der Waals surface area contributed by atoms with Crippen LogP contribution in [-0.4, -0.2) is 42.2 Å². The van der Waals surface area contributed by atoms with Crippen LogP contribution in [0, 0.1) is 0 Å². The molecule has 0 bridgehead atoms. The molecule has 0 aliphatic carbocycles. The molecule has 0 aliphatic rings. The van der Waals surface area contributed by atoms with Crippen LogP contribution in [0.25, 0.3) is 22.0 Å². The summed E-state index contributed by atoms with van der Waals surface area (Å²) in [5.41, 5.74) is 8.37. The first-order chi connectivity index (χ1) is 16.0. The summed E-state index contributed by atoms with van der Waals surface area (Å²) in [7, 11) is 1.34. The molecule has 2 aromatic heterocycles. The van der Waals surface area contributed by atoms with Crippen LogP contribution >= 0.6 is 0 Å². The predicted octanol–water partition coefficient (Wildman–Crippen LogP) is 3.64. The van der Waals surface area contributed by atoms with Crippen molar-refractivity contribution in [3.63, 3.8) is 0 Å². The lowest BCUT2D eigenvalue weighted by molar-refractivity contribution is 0.0600. The van der Waals surface area contributed by atoms with E-state index in [-0.39, 0.29) is 5.69 Å². The highest BCUT2D eigenvalue weighted by molar-refractivity contribution is 5.97. The number of amides is 1. The monoisotopic (exact) mass is 443 g/mol. The summed E-state index contributed by atoms with van der Waals surface area (Å²) >= 11 is 0. The molecule has 2 heterocycles. The maximum Gasteiger partial charge on any atom is 0.337 e. The van der Waals surface area contributed by atoms with Crippen molar-refractivity contribution in [3.05, 3.63) is 84.3 Å². The van der Waals surface area contributed by atoms with Crippen molar-refractivity contribution in [1.29, 1.82) is 0 Å². The van der Waals surface area contributed by atoms with Gasteiger partial charge in [0.2, 0.25) is 0 Å². The highest BCUT2D eigenvalue weighted by atomic mass is 16.5. The van der Waals surface area contributed by atoms with Gasteiger partial charge in [-0.3, -0.25) is 9.78 Å². The minimum absolute atomic E-state index is 0.204. The number of nitrogens with zero attached hydrogens (tertiary/aromatic N) is 2. The lowest BCUT2D eigenvalue weighted by Gasteiger charge is -2.10. The Morgan fingerprint density at radius 3 is 2.09 bits per heavy atom. The van der Waals surface area contributed by atoms with Gasteiger partial charge in [0.25, 0.3) is 5.91 Å². The molecular weight excluding hydrogens is 422 g/mol. The second-order valence-electron chi connectivity index (χ2n) is 7.06. The summed E-state index contributed by atoms with van der Waals surface area (Å²) in [6, 6.07) is 17.5. The van der Waals surface area contributed by atoms with E-state index in [4.69, 9.17) is 15.2 Å². The summed E-state index contributed by atoms with van der Waals surface area (Å²) in [5.74, 6) is 0.344. The van der Waals surface area contributed by atoms with E-state index in [0.29, 0.717) is 35.8 Å². The van der Waals surface area contributed by atoms with E-state index >= 15 is 0 Å². The Balaban J connectivity index is 1.37. The van der Waals surface area contributed by atoms with Crippen LogP contribution in [0.3, 0.4) is 0 Å². The number of fused-ring (bicyclic) bond motifs is 1. The molecule has 0 radical (unpaired) electrons. The topological polar surface area (TPSA) is 114 Å². The summed E-state index contributed by atoms with van der Waals surface area (Å²) in [5, 5.41) is 0.814. The number of nitrogens with two attached hydrogens (primary N) is 1. The van der Waals surface area contributed by atoms with Gasteiger partial charge in [0.1, 0.15) is 30.4 Å². The molecule has 8 nitrogen and oxygen atoms in total. The van der Waals surface area contributed by atoms with Crippen molar-refractivity contribution < 1.29 is 23.8 Å². The first-order valence-corrected chi connectivity index (χ1v) is 10.1. The van der Waals surface area contributed by atoms with E-state index in [9.17, 15) is 9.59 Å². The highest BCUT2D eigenvalue weighted by Gasteiger charge is 2.10. The first-order valence-electron chi connectivity index (χ1n) is 10.1. The second kappa shape index (κ2) is 9.78. The van der Waals surface area contributed by atoms with Gasteiger partial charge in [-0.25, -0.2) is 9.78 Å². The molecular formula is C25H21N3O5. The van der Waals surface area contributed by atoms with Gasteiger partial charge in [0.15, 0.2) is 0 Å². The Bertz CT molecular complexity index is 1290. The largest absolute Gasteiger partial charge is 0.490 e. The number of hydrogen-bond acceptors (Lipinski definition) is 7. The van der Waals surface area contributed by atoms with Crippen LogP contribution in [0.2, 0.25) is 0 Å². The summed E-state index contributed by atoms with van der Waals surface area (Å²) in [6.07, 6.45) is 3.40. The Morgan fingerprint density at radius 1 is 0.848 bits per heavy atom. The number of esters is 1. The molecule has 166 valence electrons. The van der Waals surface area contributed by atoms with Crippen molar-refractivity contribution in [2.24, 2.45) is 5.73 Å². The zero-order valence-electron chi connectivity index (χ0n) is 17.9. The molecule has 4 aromatic rings. The van der Waals surface area contributed by atoms with E-state index < -0.39 is 11.9 Å². The van der Waals surface area contributed by atoms with Crippen molar-refractivity contribution in [3.8, 4) is 22.6 Å². The number of methoxy groups -OCH3 is 1. The molecule has 1 amide bonds. The fourth-order valence-corrected chi connectivity index (χ4v) is 3.25. The molecule has 0 atom stereocenters. The van der Waals surface area contributed by atoms with Crippen LogP contribution in [-0.2, 0) is 4.74 Å². The summed E-state index contributed by atoms with van der Waals surface area (Å²) in [4.78, 5) is 31.6. The zero-order valence-corrected chi connectivity index (χ0v) is 17.9. The standard InChI is InChI=1S/C25H21N3O5/c1-31-25(30)17-4-9-20(10-5-17)33-13-12-32-19-7-2-16(3-8-19)21-15-27-14-18-6-11-22(24(26)29)28-23(18)21/h2-11,14-15H,12-13H2,1H3,(H2,26,29). The van der Waals surface area contributed by atoms with Crippen molar-refractivity contribution in [2.75, 3.05) is 20.3 Å². The molecule has 8 heteroatoms. The third kappa shape index (κ3) is 5.07. The van der Waals surface area contributed by atoms with Gasteiger partial charge in [-0.2, -0.15) is 0 Å². The number of primary amides is 1. The van der Waals surface area contributed by atoms with E-state index in [0.717, 1.165) is 16.5 Å². The lowest BCUT2D eigenvalue weighted by Crippen LogP contribution is -2.12. The molecule has 0 saturated carbocycles. The van der Waals surface area contributed by atoms with E-state index in [1.807, 2.05) is 24.3 Å². The molecule has 4 rings (SSSR count). The maximum absolute atomic E-state index is 11.5. The highest BCUT2D eigenvalue weighted by Crippen LogP contribution is 2.28. The lowest BCUT2D eigenvalue weighted by atomic mass is 10.0. The molecule has 0 unspecified atom stereocenters. The van der Waals surface area contributed by atoms with Gasteiger partial charge in [-0.15, -0.1) is 0 Å². The van der Waals surface area contributed by atoms with Crippen LogP contribution in [0.5, 0.6) is 11.5 Å². The average molecular weight is 443 g/mol. The molecule has 0 spiro atoms. The number of benzene rings is 2. The molecule has 33 heavy (non-hydrogen) atoms. The number of carbonyl (C=O) groups excluding carboxylic acids is 2. The number of rotatable bonds is 8. The molecule has 0 fully saturated rings. The Labute approximate surface area is 189 Å². The van der Waals surface area contributed by atoms with E-state index in [1.54, 1.807) is 48.8 Å². The third-order valence-corrected chi connectivity index (χ3v) is 4.91. The van der Waals surface area contributed by atoms with Crippen molar-refractivity contribution >= 4 is 22.8 Å². The van der Waals surface area contributed by atoms with Gasteiger partial charge in [-0.1, -0.05) is 12.1 Å². The number of hydrogen-bond donors (Lipinski definition) is 1. The van der Waals surface area contributed by atoms with Crippen LogP contribution < -0.4 is 15.2 Å². The fourth-order valence-electron chi connectivity index (χ4n) is 3.25. The maximum atomic E-state index is 11.5. The Kier molecular flexibility index (Phi) is 6.45. The molecule has 0 aliphatic heterocycles. The summed E-state index contributed by atoms with van der Waals surface area (Å²) in [6.45, 7) is 0.684. The third-order valence-electron chi connectivity index (χ3n) is 4.91. The minimum atomic E-state index is -0.579. The Morgan fingerprint density at radius 2 is 1.48 bits per heavy atom. The number of carbonyl (C=O) groups is 2.